The Balaban J connectivity index is 0.985. The topological polar surface area (TPSA) is 127 Å². The lowest BCUT2D eigenvalue weighted by molar-refractivity contribution is -0.274. The van der Waals surface area contributed by atoms with Crippen molar-refractivity contribution in [3.05, 3.63) is 59.1 Å². The van der Waals surface area contributed by atoms with E-state index in [-0.39, 0.29) is 46.4 Å². The number of carbonyl (C=O) groups excluding carboxylic acids is 1. The van der Waals surface area contributed by atoms with Crippen molar-refractivity contribution in [2.75, 3.05) is 4.90 Å². The number of ether oxygens (including phenoxy) is 1. The Kier molecular flexibility index (Phi) is 7.72. The fraction of sp³-hybridized carbons (Fsp3) is 0.485. The maximum absolute atomic E-state index is 15.2. The van der Waals surface area contributed by atoms with Gasteiger partial charge in [0.2, 0.25) is 10.0 Å². The summed E-state index contributed by atoms with van der Waals surface area (Å²) in [4.78, 5) is 19.7. The molecule has 2 atom stereocenters. The number of rotatable bonds is 10. The van der Waals surface area contributed by atoms with Gasteiger partial charge in [-0.15, -0.1) is 13.2 Å². The molecule has 4 fully saturated rings. The fourth-order valence-electron chi connectivity index (χ4n) is 7.12. The van der Waals surface area contributed by atoms with Gasteiger partial charge in [0.25, 0.3) is 5.91 Å². The lowest BCUT2D eigenvalue weighted by Crippen LogP contribution is -2.49. The van der Waals surface area contributed by atoms with Crippen LogP contribution < -0.4 is 19.7 Å². The number of fused-ring (bicyclic) bond motifs is 3. The Labute approximate surface area is 283 Å². The molecular weight excluding hydrogens is 687 g/mol. The van der Waals surface area contributed by atoms with E-state index in [2.05, 4.69) is 29.8 Å². The zero-order chi connectivity index (χ0) is 34.3. The van der Waals surface area contributed by atoms with Gasteiger partial charge in [0.15, 0.2) is 10.9 Å². The molecule has 2 aromatic carbocycles. The number of nitrogens with zero attached hydrogens (tertiary/aromatic N) is 3. The summed E-state index contributed by atoms with van der Waals surface area (Å²) in [5.41, 5.74) is 1.33. The molecule has 4 heterocycles. The van der Waals surface area contributed by atoms with Crippen molar-refractivity contribution in [3.63, 3.8) is 0 Å². The standard InChI is InChI=1S/C33H33F4N5O5S2/c1-32(10-11-32)49(44,45)41-30(43)18-12-24(34)28-26(13-18)48-31(39-28)42-20-8-9-21(42)15-19(14-20)38-16-23-27(40-47-29(23)17-6-7-17)22-4-2-3-5-25(22)46-33(35,36)37/h2-5,12-13,17,19-21,38H,6-11,14-16H2,1H3,(H,41,43). The minimum atomic E-state index is -4.85. The van der Waals surface area contributed by atoms with Gasteiger partial charge in [-0.05, 0) is 82.6 Å². The van der Waals surface area contributed by atoms with E-state index in [1.807, 2.05) is 0 Å². The third-order valence-electron chi connectivity index (χ3n) is 10.2. The van der Waals surface area contributed by atoms with Crippen molar-refractivity contribution >= 4 is 42.6 Å². The van der Waals surface area contributed by atoms with E-state index in [9.17, 15) is 26.4 Å². The summed E-state index contributed by atoms with van der Waals surface area (Å²) in [6.07, 6.45) is 1.31. The molecule has 4 aliphatic rings. The van der Waals surface area contributed by atoms with E-state index < -0.39 is 32.9 Å². The van der Waals surface area contributed by atoms with E-state index in [1.54, 1.807) is 19.1 Å². The maximum atomic E-state index is 15.2. The molecule has 0 spiro atoms. The minimum Gasteiger partial charge on any atom is -0.405 e. The monoisotopic (exact) mass is 719 g/mol. The quantitative estimate of drug-likeness (QED) is 0.171. The number of anilines is 1. The SMILES string of the molecule is CC1(S(=O)(=O)NC(=O)c2cc(F)c3nc(N4C5CCC4CC(NCc4c(-c6ccccc6OC(F)(F)F)noc4C4CC4)C5)sc3c2)CC1. The molecule has 2 aliphatic carbocycles. The van der Waals surface area contributed by atoms with E-state index >= 15 is 4.39 Å². The van der Waals surface area contributed by atoms with Gasteiger partial charge in [0.1, 0.15) is 22.7 Å². The van der Waals surface area contributed by atoms with Crippen LogP contribution >= 0.6 is 11.3 Å². The van der Waals surface area contributed by atoms with Crippen LogP contribution in [0.1, 0.15) is 85.9 Å². The number of thiazole rings is 1. The van der Waals surface area contributed by atoms with E-state index in [1.165, 1.54) is 29.5 Å². The van der Waals surface area contributed by atoms with Crippen LogP contribution in [0.15, 0.2) is 40.9 Å². The predicted molar refractivity (Wildman–Crippen MR) is 173 cm³/mol. The second-order valence-corrected chi connectivity index (χ2v) is 16.9. The zero-order valence-electron chi connectivity index (χ0n) is 26.3. The molecule has 4 aromatic rings. The third kappa shape index (κ3) is 6.16. The fourth-order valence-corrected chi connectivity index (χ4v) is 9.53. The smallest absolute Gasteiger partial charge is 0.405 e. The second kappa shape index (κ2) is 11.7. The van der Waals surface area contributed by atoms with Crippen LogP contribution in [0.2, 0.25) is 0 Å². The van der Waals surface area contributed by atoms with Gasteiger partial charge in [-0.1, -0.05) is 28.6 Å². The Hall–Kier alpha value is -3.76. The molecule has 2 saturated carbocycles. The first kappa shape index (κ1) is 32.4. The highest BCUT2D eigenvalue weighted by Gasteiger charge is 2.51. The van der Waals surface area contributed by atoms with Crippen LogP contribution in [0.5, 0.6) is 5.75 Å². The zero-order valence-corrected chi connectivity index (χ0v) is 28.0. The van der Waals surface area contributed by atoms with Crippen LogP contribution in [-0.2, 0) is 16.6 Å². The van der Waals surface area contributed by atoms with Crippen molar-refractivity contribution < 1.29 is 40.0 Å². The summed E-state index contributed by atoms with van der Waals surface area (Å²) >= 11 is 1.27. The van der Waals surface area contributed by atoms with Gasteiger partial charge < -0.3 is 19.5 Å². The summed E-state index contributed by atoms with van der Waals surface area (Å²) in [5.74, 6) is -1.02. The molecule has 0 radical (unpaired) electrons. The van der Waals surface area contributed by atoms with E-state index in [4.69, 9.17) is 4.52 Å². The third-order valence-corrected chi connectivity index (χ3v) is 13.4. The maximum Gasteiger partial charge on any atom is 0.573 e. The van der Waals surface area contributed by atoms with Crippen molar-refractivity contribution in [1.82, 2.24) is 20.2 Å². The molecule has 10 nitrogen and oxygen atoms in total. The highest BCUT2D eigenvalue weighted by molar-refractivity contribution is 7.91. The number of amides is 1. The number of sulfonamides is 1. The Morgan fingerprint density at radius 1 is 1.12 bits per heavy atom. The first-order valence-corrected chi connectivity index (χ1v) is 18.6. The highest BCUT2D eigenvalue weighted by Crippen LogP contribution is 2.47. The number of benzene rings is 2. The molecule has 260 valence electrons. The molecule has 16 heteroatoms. The van der Waals surface area contributed by atoms with E-state index in [0.29, 0.717) is 40.7 Å². The van der Waals surface area contributed by atoms with Crippen molar-refractivity contribution in [3.8, 4) is 17.0 Å². The van der Waals surface area contributed by atoms with Crippen LogP contribution in [0.3, 0.4) is 0 Å². The summed E-state index contributed by atoms with van der Waals surface area (Å²) in [6, 6.07) is 8.79. The Morgan fingerprint density at radius 2 is 1.84 bits per heavy atom. The number of hydrogen-bond donors (Lipinski definition) is 2. The Bertz CT molecular complexity index is 2040. The predicted octanol–water partition coefficient (Wildman–Crippen LogP) is 6.77. The molecule has 2 saturated heterocycles. The summed E-state index contributed by atoms with van der Waals surface area (Å²) < 4.78 is 91.5. The molecular formula is C33H33F4N5O5S2. The average Bonchev–Trinajstić information content (AvgIpc) is 3.91. The van der Waals surface area contributed by atoms with Gasteiger partial charge in [-0.3, -0.25) is 4.79 Å². The molecule has 49 heavy (non-hydrogen) atoms. The molecule has 2 aliphatic heterocycles. The number of para-hydroxylation sites is 1. The number of piperidine rings is 1. The van der Waals surface area contributed by atoms with Crippen molar-refractivity contribution in [2.24, 2.45) is 0 Å². The number of aromatic nitrogens is 2. The summed E-state index contributed by atoms with van der Waals surface area (Å²) in [5, 5.41) is 8.48. The lowest BCUT2D eigenvalue weighted by atomic mass is 9.97. The number of hydrogen-bond acceptors (Lipinski definition) is 10. The van der Waals surface area contributed by atoms with Crippen LogP contribution in [0.4, 0.5) is 22.7 Å². The highest BCUT2D eigenvalue weighted by atomic mass is 32.2. The largest absolute Gasteiger partial charge is 0.573 e. The van der Waals surface area contributed by atoms with Crippen molar-refractivity contribution in [1.29, 1.82) is 0 Å². The van der Waals surface area contributed by atoms with Crippen LogP contribution in [-0.4, -0.2) is 53.7 Å². The van der Waals surface area contributed by atoms with Crippen molar-refractivity contribution in [2.45, 2.75) is 100.0 Å². The van der Waals surface area contributed by atoms with Gasteiger partial charge >= 0.3 is 6.36 Å². The number of carbonyl (C=O) groups is 1. The van der Waals surface area contributed by atoms with Crippen LogP contribution in [0.25, 0.3) is 21.5 Å². The van der Waals surface area contributed by atoms with Gasteiger partial charge in [0.05, 0.1) is 9.45 Å². The van der Waals surface area contributed by atoms with Gasteiger partial charge in [-0.2, -0.15) is 0 Å². The normalized spacial score (nSPS) is 23.2. The molecule has 2 aromatic heterocycles. The lowest BCUT2D eigenvalue weighted by Gasteiger charge is -2.39. The van der Waals surface area contributed by atoms with Gasteiger partial charge in [0, 0.05) is 47.3 Å². The molecule has 2 bridgehead atoms. The van der Waals surface area contributed by atoms with E-state index in [0.717, 1.165) is 50.2 Å². The molecule has 2 unspecified atom stereocenters. The minimum absolute atomic E-state index is 0.0785. The molecule has 8 rings (SSSR count). The number of nitrogens with one attached hydrogen (secondary N) is 2. The summed E-state index contributed by atoms with van der Waals surface area (Å²) in [6.45, 7) is 1.94. The Morgan fingerprint density at radius 3 is 2.51 bits per heavy atom. The van der Waals surface area contributed by atoms with Gasteiger partial charge in [-0.25, -0.2) is 22.5 Å². The molecule has 2 N–H and O–H groups in total. The van der Waals surface area contributed by atoms with Crippen LogP contribution in [0, 0.1) is 5.82 Å². The number of alkyl halides is 3. The first-order valence-electron chi connectivity index (χ1n) is 16.3. The average molecular weight is 720 g/mol. The second-order valence-electron chi connectivity index (χ2n) is 13.7. The first-order chi connectivity index (χ1) is 23.3. The number of halogens is 4. The summed E-state index contributed by atoms with van der Waals surface area (Å²) in [7, 11) is -3.88. The molecule has 1 amide bonds.